The number of benzene rings is 2. The molecule has 2 aromatic heterocycles. The van der Waals surface area contributed by atoms with E-state index < -0.39 is 11.9 Å². The minimum Gasteiger partial charge on any atom is -0.478 e. The molecule has 6 nitrogen and oxygen atoms in total. The first-order chi connectivity index (χ1) is 12.1. The summed E-state index contributed by atoms with van der Waals surface area (Å²) in [5.74, 6) is -2.05. The van der Waals surface area contributed by atoms with Crippen LogP contribution in [0.4, 0.5) is 0 Å². The lowest BCUT2D eigenvalue weighted by molar-refractivity contribution is 0.0686. The number of hydrogen-bond donors (Lipinski definition) is 2. The summed E-state index contributed by atoms with van der Waals surface area (Å²) in [6.45, 7) is 0. The Morgan fingerprint density at radius 2 is 1.24 bits per heavy atom. The molecule has 0 amide bonds. The molecule has 6 heteroatoms. The van der Waals surface area contributed by atoms with Gasteiger partial charge in [0.25, 0.3) is 0 Å². The number of pyridine rings is 1. The first-order valence-corrected chi connectivity index (χ1v) is 7.51. The molecule has 4 aromatic rings. The van der Waals surface area contributed by atoms with Gasteiger partial charge >= 0.3 is 11.9 Å². The van der Waals surface area contributed by atoms with E-state index in [1.807, 2.05) is 16.7 Å². The van der Waals surface area contributed by atoms with Crippen LogP contribution in [0.2, 0.25) is 0 Å². The largest absolute Gasteiger partial charge is 0.478 e. The van der Waals surface area contributed by atoms with Crippen LogP contribution in [0, 0.1) is 0 Å². The molecule has 0 aliphatic rings. The Bertz CT molecular complexity index is 1080. The molecule has 0 unspecified atom stereocenters. The smallest absolute Gasteiger partial charge is 0.335 e. The van der Waals surface area contributed by atoms with Gasteiger partial charge in [-0.3, -0.25) is 4.98 Å². The van der Waals surface area contributed by atoms with E-state index in [1.165, 1.54) is 0 Å². The van der Waals surface area contributed by atoms with Crippen LogP contribution >= 0.6 is 0 Å². The molecule has 25 heavy (non-hydrogen) atoms. The molecule has 122 valence electrons. The second-order valence-corrected chi connectivity index (χ2v) is 5.61. The molecule has 0 atom stereocenters. The number of hydrogen-bond acceptors (Lipinski definition) is 3. The first kappa shape index (κ1) is 14.9. The number of rotatable bonds is 3. The SMILES string of the molecule is O=C(O)c1ccc2c(c1)c1cc(C(=O)O)ccc1n2-c1ccncc1. The van der Waals surface area contributed by atoms with Gasteiger partial charge in [-0.1, -0.05) is 0 Å². The number of fused-ring (bicyclic) bond motifs is 3. The summed E-state index contributed by atoms with van der Waals surface area (Å²) in [6, 6.07) is 13.4. The van der Waals surface area contributed by atoms with Crippen molar-refractivity contribution in [3.63, 3.8) is 0 Å². The van der Waals surface area contributed by atoms with Crippen molar-refractivity contribution in [1.82, 2.24) is 9.55 Å². The summed E-state index contributed by atoms with van der Waals surface area (Å²) in [7, 11) is 0. The summed E-state index contributed by atoms with van der Waals surface area (Å²) >= 11 is 0. The minimum atomic E-state index is -1.03. The van der Waals surface area contributed by atoms with Crippen molar-refractivity contribution < 1.29 is 19.8 Å². The zero-order valence-corrected chi connectivity index (χ0v) is 12.9. The number of nitrogens with zero attached hydrogens (tertiary/aromatic N) is 2. The second-order valence-electron chi connectivity index (χ2n) is 5.61. The molecule has 0 spiro atoms. The predicted molar refractivity (Wildman–Crippen MR) is 92.5 cm³/mol. The summed E-state index contributed by atoms with van der Waals surface area (Å²) in [4.78, 5) is 26.7. The first-order valence-electron chi connectivity index (χ1n) is 7.51. The standard InChI is InChI=1S/C19H12N2O4/c22-18(23)11-1-3-16-14(9-11)15-10-12(19(24)25)2-4-17(15)21(16)13-5-7-20-8-6-13/h1-10H,(H,22,23)(H,24,25). The lowest BCUT2D eigenvalue weighted by atomic mass is 10.1. The third-order valence-electron chi connectivity index (χ3n) is 4.18. The van der Waals surface area contributed by atoms with Crippen molar-refractivity contribution in [2.24, 2.45) is 0 Å². The van der Waals surface area contributed by atoms with E-state index in [1.54, 1.807) is 48.8 Å². The Balaban J connectivity index is 2.16. The summed E-state index contributed by atoms with van der Waals surface area (Å²) < 4.78 is 1.96. The highest BCUT2D eigenvalue weighted by molar-refractivity contribution is 6.12. The molecule has 2 N–H and O–H groups in total. The van der Waals surface area contributed by atoms with Crippen molar-refractivity contribution in [1.29, 1.82) is 0 Å². The van der Waals surface area contributed by atoms with E-state index in [0.29, 0.717) is 10.8 Å². The maximum Gasteiger partial charge on any atom is 0.335 e. The number of carboxylic acid groups (broad SMARTS) is 2. The van der Waals surface area contributed by atoms with Crippen molar-refractivity contribution >= 4 is 33.7 Å². The van der Waals surface area contributed by atoms with Crippen molar-refractivity contribution in [3.8, 4) is 5.69 Å². The van der Waals surface area contributed by atoms with Crippen LogP contribution in [-0.4, -0.2) is 31.7 Å². The van der Waals surface area contributed by atoms with E-state index >= 15 is 0 Å². The number of aromatic nitrogens is 2. The summed E-state index contributed by atoms with van der Waals surface area (Å²) in [5, 5.41) is 19.9. The van der Waals surface area contributed by atoms with Gasteiger partial charge in [0, 0.05) is 28.9 Å². The Hall–Kier alpha value is -3.67. The van der Waals surface area contributed by atoms with Gasteiger partial charge in [0.15, 0.2) is 0 Å². The lowest BCUT2D eigenvalue weighted by Gasteiger charge is -2.07. The van der Waals surface area contributed by atoms with Crippen LogP contribution < -0.4 is 0 Å². The Morgan fingerprint density at radius 1 is 0.760 bits per heavy atom. The highest BCUT2D eigenvalue weighted by Crippen LogP contribution is 2.33. The van der Waals surface area contributed by atoms with E-state index in [9.17, 15) is 19.8 Å². The average Bonchev–Trinajstić information content (AvgIpc) is 2.95. The summed E-state index contributed by atoms with van der Waals surface area (Å²) in [5.41, 5.74) is 2.77. The molecule has 0 bridgehead atoms. The molecule has 4 rings (SSSR count). The molecular weight excluding hydrogens is 320 g/mol. The van der Waals surface area contributed by atoms with Gasteiger partial charge in [-0.15, -0.1) is 0 Å². The van der Waals surface area contributed by atoms with Gasteiger partial charge < -0.3 is 14.8 Å². The zero-order chi connectivity index (χ0) is 17.6. The predicted octanol–water partition coefficient (Wildman–Crippen LogP) is 3.58. The van der Waals surface area contributed by atoms with Crippen molar-refractivity contribution in [2.75, 3.05) is 0 Å². The van der Waals surface area contributed by atoms with Crippen molar-refractivity contribution in [2.45, 2.75) is 0 Å². The summed E-state index contributed by atoms with van der Waals surface area (Å²) in [6.07, 6.45) is 3.34. The fourth-order valence-corrected chi connectivity index (χ4v) is 3.06. The molecule has 0 radical (unpaired) electrons. The Kier molecular flexibility index (Phi) is 3.25. The quantitative estimate of drug-likeness (QED) is 0.598. The van der Waals surface area contributed by atoms with E-state index in [0.717, 1.165) is 16.7 Å². The fraction of sp³-hybridized carbons (Fsp3) is 0. The number of aromatic carboxylic acids is 2. The van der Waals surface area contributed by atoms with Gasteiger partial charge in [-0.25, -0.2) is 9.59 Å². The molecular formula is C19H12N2O4. The normalized spacial score (nSPS) is 11.0. The fourth-order valence-electron chi connectivity index (χ4n) is 3.06. The van der Waals surface area contributed by atoms with Crippen LogP contribution in [0.5, 0.6) is 0 Å². The van der Waals surface area contributed by atoms with Crippen LogP contribution in [0.3, 0.4) is 0 Å². The third kappa shape index (κ3) is 2.31. The lowest BCUT2D eigenvalue weighted by Crippen LogP contribution is -1.97. The van der Waals surface area contributed by atoms with Crippen LogP contribution in [0.15, 0.2) is 60.9 Å². The zero-order valence-electron chi connectivity index (χ0n) is 12.9. The van der Waals surface area contributed by atoms with Crippen molar-refractivity contribution in [3.05, 3.63) is 72.1 Å². The van der Waals surface area contributed by atoms with E-state index in [4.69, 9.17) is 0 Å². The van der Waals surface area contributed by atoms with E-state index in [-0.39, 0.29) is 11.1 Å². The monoisotopic (exact) mass is 332 g/mol. The molecule has 2 heterocycles. The van der Waals surface area contributed by atoms with Crippen LogP contribution in [0.1, 0.15) is 20.7 Å². The maximum absolute atomic E-state index is 11.3. The maximum atomic E-state index is 11.3. The van der Waals surface area contributed by atoms with Crippen LogP contribution in [0.25, 0.3) is 27.5 Å². The molecule has 2 aromatic carbocycles. The van der Waals surface area contributed by atoms with Gasteiger partial charge in [0.05, 0.1) is 22.2 Å². The van der Waals surface area contributed by atoms with Gasteiger partial charge in [0.1, 0.15) is 0 Å². The topological polar surface area (TPSA) is 92.4 Å². The molecule has 0 fully saturated rings. The molecule has 0 aliphatic carbocycles. The Morgan fingerprint density at radius 3 is 1.68 bits per heavy atom. The van der Waals surface area contributed by atoms with Gasteiger partial charge in [-0.2, -0.15) is 0 Å². The minimum absolute atomic E-state index is 0.155. The average molecular weight is 332 g/mol. The Labute approximate surface area is 141 Å². The molecule has 0 saturated carbocycles. The molecule has 0 saturated heterocycles. The van der Waals surface area contributed by atoms with Crippen LogP contribution in [-0.2, 0) is 0 Å². The highest BCUT2D eigenvalue weighted by atomic mass is 16.4. The third-order valence-corrected chi connectivity index (χ3v) is 4.18. The molecule has 0 aliphatic heterocycles. The van der Waals surface area contributed by atoms with E-state index in [2.05, 4.69) is 4.98 Å². The second kappa shape index (κ2) is 5.45. The number of carbonyl (C=O) groups is 2. The highest BCUT2D eigenvalue weighted by Gasteiger charge is 2.16. The van der Waals surface area contributed by atoms with Gasteiger partial charge in [-0.05, 0) is 48.5 Å². The van der Waals surface area contributed by atoms with Gasteiger partial charge in [0.2, 0.25) is 0 Å². The number of carboxylic acids is 2.